The smallest absolute Gasteiger partial charge is 0.420 e. The Morgan fingerprint density at radius 2 is 1.15 bits per heavy atom. The Balaban J connectivity index is 2.65. The molecule has 0 spiro atoms. The zero-order valence-electron chi connectivity index (χ0n) is 33.2. The maximum Gasteiger partial charge on any atom is 0.420 e. The number of hydrogen-bond donors (Lipinski definition) is 1. The first kappa shape index (κ1) is 45.0. The number of aliphatic imine (C=N–C) groups is 1. The molecule has 15 nitrogen and oxygen atoms in total. The monoisotopic (exact) mass is 763 g/mol. The zero-order chi connectivity index (χ0) is 40.4. The molecule has 0 unspecified atom stereocenters. The van der Waals surface area contributed by atoms with Gasteiger partial charge < -0.3 is 23.7 Å². The lowest BCUT2D eigenvalue weighted by atomic mass is 9.92. The molecule has 1 aliphatic heterocycles. The second kappa shape index (κ2) is 18.3. The fraction of sp³-hybridized carbons (Fsp3) is 0.676. The topological polar surface area (TPSA) is 166 Å². The van der Waals surface area contributed by atoms with Crippen LogP contribution in [0.2, 0.25) is 0 Å². The van der Waals surface area contributed by atoms with Gasteiger partial charge in [-0.3, -0.25) is 24.7 Å². The number of benzene rings is 1. The molecule has 1 N–H and O–H groups in total. The summed E-state index contributed by atoms with van der Waals surface area (Å²) < 4.78 is 28.4. The summed E-state index contributed by atoms with van der Waals surface area (Å²) in [5.74, 6) is -1.07. The highest BCUT2D eigenvalue weighted by Crippen LogP contribution is 2.31. The molecule has 0 bridgehead atoms. The maximum absolute atomic E-state index is 14.2. The van der Waals surface area contributed by atoms with Crippen LogP contribution in [0.15, 0.2) is 29.3 Å². The minimum Gasteiger partial charge on any atom is -0.459 e. The van der Waals surface area contributed by atoms with E-state index >= 15 is 0 Å². The van der Waals surface area contributed by atoms with Gasteiger partial charge in [-0.25, -0.2) is 19.3 Å². The molecular weight excluding hydrogens is 706 g/mol. The number of ether oxygens (including phenoxy) is 5. The Labute approximate surface area is 318 Å². The minimum absolute atomic E-state index is 0.0949. The predicted molar refractivity (Wildman–Crippen MR) is 202 cm³/mol. The number of carbonyl (C=O) groups excluding carboxylic acids is 5. The number of anilines is 1. The second-order valence-corrected chi connectivity index (χ2v) is 17.1. The lowest BCUT2D eigenvalue weighted by molar-refractivity contribution is -0.157. The number of thiocarbonyl (C=S) groups is 1. The van der Waals surface area contributed by atoms with Crippen molar-refractivity contribution in [3.8, 4) is 0 Å². The average molecular weight is 764 g/mol. The van der Waals surface area contributed by atoms with Gasteiger partial charge in [-0.05, 0) is 120 Å². The van der Waals surface area contributed by atoms with Crippen LogP contribution in [0, 0.1) is 0 Å². The fourth-order valence-electron chi connectivity index (χ4n) is 5.35. The van der Waals surface area contributed by atoms with E-state index in [1.807, 2.05) is 0 Å². The first-order valence-corrected chi connectivity index (χ1v) is 17.9. The van der Waals surface area contributed by atoms with E-state index in [4.69, 9.17) is 23.7 Å². The zero-order valence-corrected chi connectivity index (χ0v) is 34.1. The molecule has 1 heterocycles. The first-order chi connectivity index (χ1) is 24.2. The molecule has 0 aliphatic carbocycles. The third-order valence-corrected chi connectivity index (χ3v) is 7.12. The summed E-state index contributed by atoms with van der Waals surface area (Å²) in [6.07, 6.45) is -2.99. The van der Waals surface area contributed by atoms with Gasteiger partial charge in [0.05, 0.1) is 36.1 Å². The summed E-state index contributed by atoms with van der Waals surface area (Å²) >= 11 is 4.64. The van der Waals surface area contributed by atoms with Gasteiger partial charge in [0.25, 0.3) is 0 Å². The lowest BCUT2D eigenvalue weighted by Crippen LogP contribution is -2.65. The normalized spacial score (nSPS) is 15.5. The summed E-state index contributed by atoms with van der Waals surface area (Å²) in [6, 6.07) is 6.48. The number of carbonyl (C=O) groups is 5. The molecule has 0 radical (unpaired) electrons. The first-order valence-electron chi connectivity index (χ1n) is 17.5. The van der Waals surface area contributed by atoms with Crippen LogP contribution < -0.4 is 5.32 Å². The van der Waals surface area contributed by atoms with Gasteiger partial charge in [0.15, 0.2) is 0 Å². The molecule has 1 fully saturated rings. The quantitative estimate of drug-likeness (QED) is 0.118. The number of imide groups is 1. The van der Waals surface area contributed by atoms with Crippen molar-refractivity contribution < 1.29 is 47.7 Å². The number of esters is 2. The van der Waals surface area contributed by atoms with Gasteiger partial charge in [0.1, 0.15) is 22.4 Å². The molecule has 53 heavy (non-hydrogen) atoms. The van der Waals surface area contributed by atoms with Crippen molar-refractivity contribution in [3.63, 3.8) is 0 Å². The van der Waals surface area contributed by atoms with Gasteiger partial charge in [-0.15, -0.1) is 0 Å². The van der Waals surface area contributed by atoms with Crippen LogP contribution in [0.25, 0.3) is 0 Å². The number of amides is 3. The van der Waals surface area contributed by atoms with Gasteiger partial charge >= 0.3 is 30.2 Å². The SMILES string of the molecule is CC(C)(C)OC(=O)CN1CCN(CC(=O)OC(C)(C)C)CC(CCOC(=O)Nc2ccc(N=C=S)cc2)(N(C(=O)OC(C)(C)C)C(=O)OC(C)(C)C)C1. The summed E-state index contributed by atoms with van der Waals surface area (Å²) in [7, 11) is 0. The number of isothiocyanates is 1. The van der Waals surface area contributed by atoms with E-state index < -0.39 is 58.2 Å². The van der Waals surface area contributed by atoms with E-state index in [1.54, 1.807) is 117 Å². The Morgan fingerprint density at radius 1 is 0.736 bits per heavy atom. The molecule has 296 valence electrons. The Morgan fingerprint density at radius 3 is 1.53 bits per heavy atom. The van der Waals surface area contributed by atoms with E-state index in [2.05, 4.69) is 27.7 Å². The molecule has 0 aromatic heterocycles. The van der Waals surface area contributed by atoms with Crippen LogP contribution in [-0.4, -0.2) is 124 Å². The van der Waals surface area contributed by atoms with E-state index in [9.17, 15) is 24.0 Å². The third-order valence-electron chi connectivity index (χ3n) is 7.03. The van der Waals surface area contributed by atoms with E-state index in [-0.39, 0.29) is 52.3 Å². The number of hydrogen-bond acceptors (Lipinski definition) is 14. The average Bonchev–Trinajstić information content (AvgIpc) is 3.09. The lowest BCUT2D eigenvalue weighted by Gasteiger charge is -2.45. The van der Waals surface area contributed by atoms with Gasteiger partial charge in [0, 0.05) is 38.3 Å². The highest BCUT2D eigenvalue weighted by molar-refractivity contribution is 7.78. The molecule has 1 aliphatic rings. The van der Waals surface area contributed by atoms with E-state index in [0.29, 0.717) is 11.4 Å². The van der Waals surface area contributed by atoms with Crippen molar-refractivity contribution >= 4 is 59.0 Å². The fourth-order valence-corrected chi connectivity index (χ4v) is 5.46. The molecule has 16 heteroatoms. The molecule has 0 atom stereocenters. The predicted octanol–water partition coefficient (Wildman–Crippen LogP) is 6.57. The van der Waals surface area contributed by atoms with Crippen molar-refractivity contribution in [3.05, 3.63) is 24.3 Å². The molecular formula is C37H57N5O10S. The standard InChI is InChI=1S/C37H57N5O10S/c1-33(2,3)49-28(43)21-40-18-19-41(22-29(44)50-34(4,5)6)24-37(23-40,42(31(46)51-35(7,8)9)32(47)52-36(10,11)12)17-20-48-30(45)39-27-15-13-26(14-16-27)38-25-53/h13-16H,17-24H2,1-12H3,(H,39,45). The van der Waals surface area contributed by atoms with Gasteiger partial charge in [-0.1, -0.05) is 0 Å². The van der Waals surface area contributed by atoms with Crippen LogP contribution in [-0.2, 0) is 33.3 Å². The molecule has 1 saturated heterocycles. The van der Waals surface area contributed by atoms with Crippen LogP contribution in [0.5, 0.6) is 0 Å². The van der Waals surface area contributed by atoms with Crippen molar-refractivity contribution in [1.29, 1.82) is 0 Å². The molecule has 3 amide bonds. The summed E-state index contributed by atoms with van der Waals surface area (Å²) in [6.45, 7) is 20.0. The van der Waals surface area contributed by atoms with Crippen molar-refractivity contribution in [2.24, 2.45) is 4.99 Å². The van der Waals surface area contributed by atoms with E-state index in [0.717, 1.165) is 4.90 Å². The molecule has 2 rings (SSSR count). The Hall–Kier alpha value is -4.11. The second-order valence-electron chi connectivity index (χ2n) is 16.9. The van der Waals surface area contributed by atoms with Crippen LogP contribution in [0.4, 0.5) is 25.8 Å². The van der Waals surface area contributed by atoms with E-state index in [1.165, 1.54) is 0 Å². The minimum atomic E-state index is -1.59. The molecule has 1 aromatic carbocycles. The Bertz CT molecular complexity index is 1430. The largest absolute Gasteiger partial charge is 0.459 e. The highest BCUT2D eigenvalue weighted by Gasteiger charge is 2.51. The summed E-state index contributed by atoms with van der Waals surface area (Å²) in [5.41, 5.74) is -4.25. The highest BCUT2D eigenvalue weighted by atomic mass is 32.1. The summed E-state index contributed by atoms with van der Waals surface area (Å²) in [4.78, 5) is 76.0. The molecule has 0 saturated carbocycles. The van der Waals surface area contributed by atoms with Gasteiger partial charge in [-0.2, -0.15) is 4.99 Å². The van der Waals surface area contributed by atoms with Crippen molar-refractivity contribution in [1.82, 2.24) is 14.7 Å². The van der Waals surface area contributed by atoms with Crippen molar-refractivity contribution in [2.75, 3.05) is 51.2 Å². The number of nitrogens with zero attached hydrogens (tertiary/aromatic N) is 4. The van der Waals surface area contributed by atoms with Crippen LogP contribution >= 0.6 is 12.2 Å². The van der Waals surface area contributed by atoms with Crippen molar-refractivity contribution in [2.45, 2.75) is 117 Å². The maximum atomic E-state index is 14.2. The van der Waals surface area contributed by atoms with Crippen LogP contribution in [0.3, 0.4) is 0 Å². The summed E-state index contributed by atoms with van der Waals surface area (Å²) in [5, 5.41) is 4.91. The van der Waals surface area contributed by atoms with Crippen LogP contribution in [0.1, 0.15) is 89.5 Å². The van der Waals surface area contributed by atoms with Gasteiger partial charge in [0.2, 0.25) is 0 Å². The number of nitrogens with one attached hydrogen (secondary N) is 1. The molecule has 1 aromatic rings. The number of rotatable bonds is 10. The Kier molecular flexibility index (Phi) is 15.5. The third kappa shape index (κ3) is 17.1.